The van der Waals surface area contributed by atoms with E-state index in [2.05, 4.69) is 10.1 Å². The third kappa shape index (κ3) is 1.84. The fourth-order valence-corrected chi connectivity index (χ4v) is 2.91. The minimum Gasteiger partial charge on any atom is -0.409 e. The number of thioether (sulfide) groups is 1. The van der Waals surface area contributed by atoms with Crippen LogP contribution in [0.2, 0.25) is 0 Å². The highest BCUT2D eigenvalue weighted by molar-refractivity contribution is 8.16. The summed E-state index contributed by atoms with van der Waals surface area (Å²) in [7, 11) is 0. The summed E-state index contributed by atoms with van der Waals surface area (Å²) in [4.78, 5) is 5.80. The topological polar surface area (TPSA) is 48.2 Å². The number of nitrogens with zero attached hydrogens (tertiary/aromatic N) is 3. The number of hydrogen-bond acceptors (Lipinski definition) is 4. The van der Waals surface area contributed by atoms with Gasteiger partial charge in [-0.25, -0.2) is 4.99 Å². The second-order valence-electron chi connectivity index (χ2n) is 3.70. The molecule has 0 spiro atoms. The summed E-state index contributed by atoms with van der Waals surface area (Å²) in [5, 5.41) is 12.9. The molecule has 0 atom stereocenters. The van der Waals surface area contributed by atoms with Crippen LogP contribution in [0.3, 0.4) is 0 Å². The van der Waals surface area contributed by atoms with Gasteiger partial charge in [0.1, 0.15) is 0 Å². The van der Waals surface area contributed by atoms with Crippen LogP contribution in [0, 0.1) is 0 Å². The van der Waals surface area contributed by atoms with Crippen molar-refractivity contribution in [1.82, 2.24) is 4.90 Å². The Kier molecular flexibility index (Phi) is 2.44. The summed E-state index contributed by atoms with van der Waals surface area (Å²) in [5.41, 5.74) is 0. The Morgan fingerprint density at radius 2 is 2.20 bits per heavy atom. The highest BCUT2D eigenvalue weighted by Gasteiger charge is 2.45. The van der Waals surface area contributed by atoms with E-state index in [1.165, 1.54) is 17.8 Å². The predicted molar refractivity (Wildman–Crippen MR) is 63.7 cm³/mol. The molecule has 2 rings (SSSR count). The normalized spacial score (nSPS) is 29.2. The highest BCUT2D eigenvalue weighted by Crippen LogP contribution is 2.42. The average molecular weight is 266 g/mol. The molecular formula is C8H9Cl2N3OS. The smallest absolute Gasteiger partial charge is 0.230 e. The summed E-state index contributed by atoms with van der Waals surface area (Å²) >= 11 is 13.2. The van der Waals surface area contributed by atoms with Crippen LogP contribution in [0.15, 0.2) is 22.4 Å². The second-order valence-corrected chi connectivity index (χ2v) is 6.64. The molecule has 1 fully saturated rings. The van der Waals surface area contributed by atoms with Crippen molar-refractivity contribution in [2.24, 2.45) is 10.1 Å². The van der Waals surface area contributed by atoms with Gasteiger partial charge in [-0.05, 0) is 19.9 Å². The van der Waals surface area contributed by atoms with E-state index >= 15 is 0 Å². The second kappa shape index (κ2) is 3.30. The molecule has 7 heteroatoms. The molecular weight excluding hydrogens is 257 g/mol. The first-order valence-electron chi connectivity index (χ1n) is 4.23. The predicted octanol–water partition coefficient (Wildman–Crippen LogP) is 2.62. The maximum absolute atomic E-state index is 8.95. The molecule has 0 unspecified atom stereocenters. The Morgan fingerprint density at radius 3 is 2.80 bits per heavy atom. The molecule has 82 valence electrons. The monoisotopic (exact) mass is 265 g/mol. The quantitative estimate of drug-likeness (QED) is 0.317. The lowest BCUT2D eigenvalue weighted by atomic mass is 10.2. The van der Waals surface area contributed by atoms with E-state index in [9.17, 15) is 0 Å². The number of halogens is 2. The third-order valence-electron chi connectivity index (χ3n) is 2.08. The van der Waals surface area contributed by atoms with Crippen LogP contribution in [-0.4, -0.2) is 30.3 Å². The lowest BCUT2D eigenvalue weighted by molar-refractivity contribution is 0.311. The van der Waals surface area contributed by atoms with Crippen LogP contribution in [0.4, 0.5) is 0 Å². The molecule has 0 amide bonds. The average Bonchev–Trinajstić information content (AvgIpc) is 2.31. The fraction of sp³-hybridized carbons (Fsp3) is 0.500. The molecule has 0 radical (unpaired) electrons. The molecule has 2 aliphatic rings. The van der Waals surface area contributed by atoms with Gasteiger partial charge < -0.3 is 5.21 Å². The molecule has 4 nitrogen and oxygen atoms in total. The zero-order valence-corrected chi connectivity index (χ0v) is 10.4. The van der Waals surface area contributed by atoms with Crippen LogP contribution < -0.4 is 0 Å². The van der Waals surface area contributed by atoms with E-state index in [1.54, 1.807) is 11.1 Å². The molecule has 1 saturated heterocycles. The van der Waals surface area contributed by atoms with Gasteiger partial charge in [-0.1, -0.05) is 40.1 Å². The standard InChI is InChI=1S/C8H9Cl2N3OS/c1-7(2)5(12-14)13-4-3-8(9,10)11-6(13)15-7/h3-4,14H,1-2H3. The van der Waals surface area contributed by atoms with E-state index in [0.29, 0.717) is 11.0 Å². The largest absolute Gasteiger partial charge is 0.409 e. The first-order chi connectivity index (χ1) is 6.86. The Hall–Kier alpha value is -0.390. The summed E-state index contributed by atoms with van der Waals surface area (Å²) in [6, 6.07) is 0. The summed E-state index contributed by atoms with van der Waals surface area (Å²) < 4.78 is -1.56. The van der Waals surface area contributed by atoms with Gasteiger partial charge >= 0.3 is 0 Å². The van der Waals surface area contributed by atoms with Crippen molar-refractivity contribution in [3.63, 3.8) is 0 Å². The van der Waals surface area contributed by atoms with E-state index in [-0.39, 0.29) is 4.75 Å². The maximum atomic E-state index is 8.95. The zero-order chi connectivity index (χ0) is 11.3. The SMILES string of the molecule is CC1(C)SC2=NC(Cl)(Cl)C=CN2C1=NO. The molecule has 0 aromatic rings. The van der Waals surface area contributed by atoms with Gasteiger partial charge in [0.05, 0.1) is 4.75 Å². The summed E-state index contributed by atoms with van der Waals surface area (Å²) in [6.45, 7) is 3.87. The third-order valence-corrected chi connectivity index (χ3v) is 3.67. The first kappa shape index (κ1) is 11.1. The molecule has 0 aromatic heterocycles. The van der Waals surface area contributed by atoms with E-state index in [0.717, 1.165) is 0 Å². The first-order valence-corrected chi connectivity index (χ1v) is 5.81. The number of amidine groups is 2. The lowest BCUT2D eigenvalue weighted by Crippen LogP contribution is -2.34. The van der Waals surface area contributed by atoms with E-state index < -0.39 is 4.46 Å². The van der Waals surface area contributed by atoms with Crippen molar-refractivity contribution in [3.05, 3.63) is 12.3 Å². The van der Waals surface area contributed by atoms with E-state index in [1.807, 2.05) is 13.8 Å². The lowest BCUT2D eigenvalue weighted by Gasteiger charge is -2.22. The number of fused-ring (bicyclic) bond motifs is 1. The van der Waals surface area contributed by atoms with Crippen LogP contribution in [0.5, 0.6) is 0 Å². The van der Waals surface area contributed by atoms with Gasteiger partial charge in [0.2, 0.25) is 4.46 Å². The Balaban J connectivity index is 2.44. The molecule has 2 heterocycles. The highest BCUT2D eigenvalue weighted by atomic mass is 35.5. The van der Waals surface area contributed by atoms with Gasteiger partial charge in [-0.3, -0.25) is 4.90 Å². The van der Waals surface area contributed by atoms with Crippen molar-refractivity contribution in [1.29, 1.82) is 0 Å². The Morgan fingerprint density at radius 1 is 1.53 bits per heavy atom. The molecule has 0 aliphatic carbocycles. The van der Waals surface area contributed by atoms with Crippen molar-refractivity contribution in [2.45, 2.75) is 23.1 Å². The summed E-state index contributed by atoms with van der Waals surface area (Å²) in [5.74, 6) is 0.520. The minimum atomic E-state index is -1.22. The molecule has 2 aliphatic heterocycles. The zero-order valence-electron chi connectivity index (χ0n) is 8.11. The molecule has 0 bridgehead atoms. The maximum Gasteiger partial charge on any atom is 0.230 e. The van der Waals surface area contributed by atoms with Crippen molar-refractivity contribution in [2.75, 3.05) is 0 Å². The number of hydrogen-bond donors (Lipinski definition) is 1. The minimum absolute atomic E-state index is 0.341. The fourth-order valence-electron chi connectivity index (χ4n) is 1.41. The van der Waals surface area contributed by atoms with Crippen LogP contribution in [0.25, 0.3) is 0 Å². The van der Waals surface area contributed by atoms with Crippen LogP contribution in [0.1, 0.15) is 13.8 Å². The Labute approximate surface area is 102 Å². The van der Waals surface area contributed by atoms with Gasteiger partial charge in [-0.15, -0.1) is 0 Å². The number of oxime groups is 1. The van der Waals surface area contributed by atoms with E-state index in [4.69, 9.17) is 28.4 Å². The molecule has 15 heavy (non-hydrogen) atoms. The van der Waals surface area contributed by atoms with Crippen molar-refractivity contribution in [3.8, 4) is 0 Å². The number of alkyl halides is 2. The van der Waals surface area contributed by atoms with Gasteiger partial charge in [0.15, 0.2) is 11.0 Å². The summed E-state index contributed by atoms with van der Waals surface area (Å²) in [6.07, 6.45) is 3.20. The van der Waals surface area contributed by atoms with Gasteiger partial charge in [0, 0.05) is 6.20 Å². The molecule has 0 aromatic carbocycles. The van der Waals surface area contributed by atoms with Crippen LogP contribution in [-0.2, 0) is 0 Å². The molecule has 0 saturated carbocycles. The van der Waals surface area contributed by atoms with Gasteiger partial charge in [0.25, 0.3) is 0 Å². The van der Waals surface area contributed by atoms with Crippen molar-refractivity contribution >= 4 is 46.0 Å². The number of aliphatic imine (C=N–C) groups is 1. The van der Waals surface area contributed by atoms with Crippen molar-refractivity contribution < 1.29 is 5.21 Å². The molecule has 1 N–H and O–H groups in total. The van der Waals surface area contributed by atoms with Gasteiger partial charge in [-0.2, -0.15) is 0 Å². The van der Waals surface area contributed by atoms with Crippen LogP contribution >= 0.6 is 35.0 Å². The number of rotatable bonds is 0. The Bertz CT molecular complexity index is 389.